The fraction of sp³-hybridized carbons (Fsp3) is 0.536. The number of amides is 1. The van der Waals surface area contributed by atoms with Gasteiger partial charge in [0.05, 0.1) is 18.2 Å². The second-order valence-corrected chi connectivity index (χ2v) is 9.63. The Labute approximate surface area is 203 Å². The maximum absolute atomic E-state index is 12.0. The third-order valence-corrected chi connectivity index (χ3v) is 6.82. The predicted molar refractivity (Wildman–Crippen MR) is 133 cm³/mol. The molecular formula is C28H38N2O4. The van der Waals surface area contributed by atoms with Gasteiger partial charge in [-0.3, -0.25) is 4.79 Å². The number of hydrogen-bond donors (Lipinski definition) is 2. The highest BCUT2D eigenvalue weighted by Gasteiger charge is 2.23. The fourth-order valence-electron chi connectivity index (χ4n) is 4.66. The summed E-state index contributed by atoms with van der Waals surface area (Å²) in [6, 6.07) is 10.5. The molecule has 34 heavy (non-hydrogen) atoms. The Morgan fingerprint density at radius 1 is 1.03 bits per heavy atom. The average Bonchev–Trinajstić information content (AvgIpc) is 3.39. The van der Waals surface area contributed by atoms with E-state index >= 15 is 0 Å². The summed E-state index contributed by atoms with van der Waals surface area (Å²) >= 11 is 0. The molecular weight excluding hydrogens is 428 g/mol. The highest BCUT2D eigenvalue weighted by molar-refractivity contribution is 5.87. The van der Waals surface area contributed by atoms with Crippen LogP contribution in [0, 0.1) is 18.8 Å². The number of carbonyl (C=O) groups excluding carboxylic acids is 1. The second kappa shape index (κ2) is 13.1. The minimum atomic E-state index is -0.936. The van der Waals surface area contributed by atoms with Gasteiger partial charge in [-0.15, -0.1) is 0 Å². The van der Waals surface area contributed by atoms with Crippen molar-refractivity contribution in [1.82, 2.24) is 10.3 Å². The van der Waals surface area contributed by atoms with Gasteiger partial charge >= 0.3 is 5.97 Å². The first-order valence-corrected chi connectivity index (χ1v) is 12.6. The number of ether oxygens (including phenoxy) is 1. The molecule has 184 valence electrons. The summed E-state index contributed by atoms with van der Waals surface area (Å²) in [4.78, 5) is 27.0. The molecule has 2 aliphatic rings. The smallest absolute Gasteiger partial charge is 0.335 e. The second-order valence-electron chi connectivity index (χ2n) is 9.63. The minimum absolute atomic E-state index is 0.0871. The monoisotopic (exact) mass is 466 g/mol. The first-order valence-electron chi connectivity index (χ1n) is 12.6. The molecule has 1 aromatic heterocycles. The van der Waals surface area contributed by atoms with Crippen molar-refractivity contribution in [2.75, 3.05) is 6.61 Å². The number of nitrogens with one attached hydrogen (secondary N) is 1. The molecule has 6 heteroatoms. The van der Waals surface area contributed by atoms with Crippen molar-refractivity contribution in [3.8, 4) is 5.88 Å². The zero-order valence-electron chi connectivity index (χ0n) is 20.5. The van der Waals surface area contributed by atoms with E-state index in [2.05, 4.69) is 17.2 Å². The molecule has 0 radical (unpaired) electrons. The van der Waals surface area contributed by atoms with Gasteiger partial charge in [0.2, 0.25) is 11.8 Å². The van der Waals surface area contributed by atoms with Gasteiger partial charge < -0.3 is 15.2 Å². The van der Waals surface area contributed by atoms with Crippen molar-refractivity contribution in [3.05, 3.63) is 59.3 Å². The molecule has 0 spiro atoms. The van der Waals surface area contributed by atoms with E-state index in [-0.39, 0.29) is 23.4 Å². The number of carboxylic acids is 1. The van der Waals surface area contributed by atoms with E-state index in [4.69, 9.17) is 9.84 Å². The van der Waals surface area contributed by atoms with Crippen LogP contribution in [0.25, 0.3) is 0 Å². The van der Waals surface area contributed by atoms with Crippen molar-refractivity contribution in [2.24, 2.45) is 11.8 Å². The number of carboxylic acid groups (broad SMARTS) is 1. The molecule has 0 unspecified atom stereocenters. The molecule has 1 amide bonds. The van der Waals surface area contributed by atoms with Crippen LogP contribution < -0.4 is 10.1 Å². The molecule has 2 aliphatic carbocycles. The number of hydrogen-bond acceptors (Lipinski definition) is 4. The number of benzene rings is 1. The summed E-state index contributed by atoms with van der Waals surface area (Å²) in [5.41, 5.74) is 2.40. The minimum Gasteiger partial charge on any atom is -0.478 e. The van der Waals surface area contributed by atoms with E-state index in [0.29, 0.717) is 0 Å². The average molecular weight is 467 g/mol. The Morgan fingerprint density at radius 2 is 1.68 bits per heavy atom. The molecule has 2 fully saturated rings. The first-order chi connectivity index (χ1) is 16.4. The van der Waals surface area contributed by atoms with E-state index in [1.165, 1.54) is 37.7 Å². The molecule has 1 atom stereocenters. The van der Waals surface area contributed by atoms with Crippen molar-refractivity contribution in [2.45, 2.75) is 77.7 Å². The molecule has 0 aliphatic heterocycles. The summed E-state index contributed by atoms with van der Waals surface area (Å²) < 4.78 is 5.72. The van der Waals surface area contributed by atoms with Crippen LogP contribution in [0.5, 0.6) is 5.88 Å². The molecule has 2 N–H and O–H groups in total. The highest BCUT2D eigenvalue weighted by Crippen LogP contribution is 2.26. The summed E-state index contributed by atoms with van der Waals surface area (Å²) in [6.07, 6.45) is 12.8. The van der Waals surface area contributed by atoms with Crippen molar-refractivity contribution < 1.29 is 19.4 Å². The SMILES string of the molecule is C[C@H](NC(=O)C1CCCC1)c1ccc(C(=O)O)cc1.Cc1ccnc(OCC2CCCCC2)c1. The maximum atomic E-state index is 12.0. The van der Waals surface area contributed by atoms with Crippen LogP contribution in [0.1, 0.15) is 92.2 Å². The van der Waals surface area contributed by atoms with Gasteiger partial charge in [0.15, 0.2) is 0 Å². The molecule has 4 rings (SSSR count). The predicted octanol–water partition coefficient (Wildman–Crippen LogP) is 6.10. The normalized spacial score (nSPS) is 17.4. The summed E-state index contributed by atoms with van der Waals surface area (Å²) in [5, 5.41) is 11.8. The van der Waals surface area contributed by atoms with E-state index in [1.807, 2.05) is 25.3 Å². The van der Waals surface area contributed by atoms with Gasteiger partial charge in [0.25, 0.3) is 0 Å². The third-order valence-electron chi connectivity index (χ3n) is 6.82. The van der Waals surface area contributed by atoms with Crippen LogP contribution in [0.15, 0.2) is 42.6 Å². The lowest BCUT2D eigenvalue weighted by molar-refractivity contribution is -0.125. The zero-order chi connectivity index (χ0) is 24.3. The van der Waals surface area contributed by atoms with Gasteiger partial charge in [-0.05, 0) is 74.8 Å². The molecule has 0 bridgehead atoms. The van der Waals surface area contributed by atoms with Gasteiger partial charge in [0.1, 0.15) is 0 Å². The van der Waals surface area contributed by atoms with Crippen LogP contribution in [0.3, 0.4) is 0 Å². The summed E-state index contributed by atoms with van der Waals surface area (Å²) in [5.74, 6) is 0.865. The lowest BCUT2D eigenvalue weighted by Gasteiger charge is -2.21. The van der Waals surface area contributed by atoms with Crippen molar-refractivity contribution in [1.29, 1.82) is 0 Å². The maximum Gasteiger partial charge on any atom is 0.335 e. The molecule has 1 aromatic carbocycles. The van der Waals surface area contributed by atoms with E-state index in [9.17, 15) is 9.59 Å². The summed E-state index contributed by atoms with van der Waals surface area (Å²) in [7, 11) is 0. The van der Waals surface area contributed by atoms with Crippen LogP contribution in [0.4, 0.5) is 0 Å². The van der Waals surface area contributed by atoms with Crippen molar-refractivity contribution in [3.63, 3.8) is 0 Å². The molecule has 6 nitrogen and oxygen atoms in total. The topological polar surface area (TPSA) is 88.5 Å². The highest BCUT2D eigenvalue weighted by atomic mass is 16.5. The van der Waals surface area contributed by atoms with Gasteiger partial charge in [-0.1, -0.05) is 44.2 Å². The molecule has 2 saturated carbocycles. The molecule has 2 aromatic rings. The number of pyridine rings is 1. The number of aromatic nitrogens is 1. The Kier molecular flexibility index (Phi) is 9.92. The Morgan fingerprint density at radius 3 is 2.29 bits per heavy atom. The summed E-state index contributed by atoms with van der Waals surface area (Å²) in [6.45, 7) is 4.83. The van der Waals surface area contributed by atoms with Gasteiger partial charge in [0, 0.05) is 18.2 Å². The number of rotatable bonds is 7. The molecule has 1 heterocycles. The van der Waals surface area contributed by atoms with Crippen LogP contribution in [-0.4, -0.2) is 28.6 Å². The number of aromatic carboxylic acids is 1. The van der Waals surface area contributed by atoms with Gasteiger partial charge in [-0.25, -0.2) is 9.78 Å². The Balaban J connectivity index is 0.000000196. The quantitative estimate of drug-likeness (QED) is 0.515. The largest absolute Gasteiger partial charge is 0.478 e. The number of nitrogens with zero attached hydrogens (tertiary/aromatic N) is 1. The first kappa shape index (κ1) is 25.7. The van der Waals surface area contributed by atoms with Crippen LogP contribution in [0.2, 0.25) is 0 Å². The zero-order valence-corrected chi connectivity index (χ0v) is 20.5. The standard InChI is InChI=1S/C15H19NO3.C13H19NO/c1-10(16-14(17)12-4-2-3-5-12)11-6-8-13(9-7-11)15(18)19;1-11-7-8-14-13(9-11)15-10-12-5-3-2-4-6-12/h6-10,12H,2-5H2,1H3,(H,16,17)(H,18,19);7-9,12H,2-6,10H2,1H3/t10-;/m0./s1. The van der Waals surface area contributed by atoms with E-state index in [0.717, 1.165) is 49.7 Å². The Hall–Kier alpha value is -2.89. The lowest BCUT2D eigenvalue weighted by Crippen LogP contribution is -2.31. The van der Waals surface area contributed by atoms with Crippen LogP contribution >= 0.6 is 0 Å². The number of aryl methyl sites for hydroxylation is 1. The van der Waals surface area contributed by atoms with Crippen LogP contribution in [-0.2, 0) is 4.79 Å². The van der Waals surface area contributed by atoms with E-state index < -0.39 is 5.97 Å². The Bertz CT molecular complexity index is 916. The van der Waals surface area contributed by atoms with Gasteiger partial charge in [-0.2, -0.15) is 0 Å². The fourth-order valence-corrected chi connectivity index (χ4v) is 4.66. The molecule has 0 saturated heterocycles. The van der Waals surface area contributed by atoms with E-state index in [1.54, 1.807) is 24.3 Å². The third kappa shape index (κ3) is 8.15. The van der Waals surface area contributed by atoms with Crippen molar-refractivity contribution >= 4 is 11.9 Å². The lowest BCUT2D eigenvalue weighted by atomic mass is 9.90. The number of carbonyl (C=O) groups is 2.